The van der Waals surface area contributed by atoms with Crippen LogP contribution in [0.3, 0.4) is 0 Å². The molecule has 0 bridgehead atoms. The number of benzene rings is 2. The Bertz CT molecular complexity index is 1590. The molecule has 0 saturated carbocycles. The van der Waals surface area contributed by atoms with E-state index in [1.807, 2.05) is 24.3 Å². The van der Waals surface area contributed by atoms with Gasteiger partial charge >= 0.3 is 5.69 Å². The number of anilines is 1. The van der Waals surface area contributed by atoms with Crippen LogP contribution in [0.4, 0.5) is 5.69 Å². The largest absolute Gasteiger partial charge is 0.497 e. The van der Waals surface area contributed by atoms with Gasteiger partial charge in [0.25, 0.3) is 5.56 Å². The summed E-state index contributed by atoms with van der Waals surface area (Å²) >= 11 is 1.30. The summed E-state index contributed by atoms with van der Waals surface area (Å²) in [6.07, 6.45) is 1.48. The van der Waals surface area contributed by atoms with Crippen LogP contribution >= 0.6 is 11.3 Å². The molecule has 0 unspecified atom stereocenters. The van der Waals surface area contributed by atoms with Gasteiger partial charge in [-0.1, -0.05) is 24.3 Å². The van der Waals surface area contributed by atoms with Crippen LogP contribution in [-0.2, 0) is 17.9 Å². The lowest BCUT2D eigenvalue weighted by atomic mass is 10.2. The standard InChI is InChI=1S/C24H19N3O5S/c1-31-16-7-4-6-15(12-16)25-20(28)14-26-21-18-9-2-3-10-19(18)33-22(21)23(29)27(24(26)30)13-17-8-5-11-32-17/h2-12H,13-14H2,1H3,(H,25,28). The van der Waals surface area contributed by atoms with Crippen LogP contribution in [-0.4, -0.2) is 22.2 Å². The van der Waals surface area contributed by atoms with Crippen molar-refractivity contribution in [2.75, 3.05) is 12.4 Å². The summed E-state index contributed by atoms with van der Waals surface area (Å²) in [5.41, 5.74) is 0.0233. The third-order valence-electron chi connectivity index (χ3n) is 5.29. The third kappa shape index (κ3) is 3.83. The number of ether oxygens (including phenoxy) is 1. The van der Waals surface area contributed by atoms with Crippen LogP contribution < -0.4 is 21.3 Å². The second-order valence-electron chi connectivity index (χ2n) is 7.40. The van der Waals surface area contributed by atoms with E-state index < -0.39 is 17.2 Å². The van der Waals surface area contributed by atoms with Crippen molar-refractivity contribution < 1.29 is 13.9 Å². The Balaban J connectivity index is 1.63. The number of amides is 1. The van der Waals surface area contributed by atoms with Crippen LogP contribution in [0.5, 0.6) is 5.75 Å². The van der Waals surface area contributed by atoms with E-state index in [0.717, 1.165) is 14.7 Å². The number of thiophene rings is 1. The number of fused-ring (bicyclic) bond motifs is 3. The summed E-state index contributed by atoms with van der Waals surface area (Å²) in [5.74, 6) is 0.676. The molecule has 3 aromatic heterocycles. The van der Waals surface area contributed by atoms with E-state index in [4.69, 9.17) is 9.15 Å². The van der Waals surface area contributed by atoms with Gasteiger partial charge in [-0.05, 0) is 30.3 Å². The maximum atomic E-state index is 13.4. The first kappa shape index (κ1) is 20.8. The zero-order valence-electron chi connectivity index (χ0n) is 17.6. The number of carbonyl (C=O) groups excluding carboxylic acids is 1. The van der Waals surface area contributed by atoms with E-state index in [-0.39, 0.29) is 13.1 Å². The quantitative estimate of drug-likeness (QED) is 0.416. The summed E-state index contributed by atoms with van der Waals surface area (Å²) in [6.45, 7) is -0.280. The molecule has 5 rings (SSSR count). The Morgan fingerprint density at radius 3 is 2.70 bits per heavy atom. The molecule has 0 aliphatic carbocycles. The molecule has 8 nitrogen and oxygen atoms in total. The minimum Gasteiger partial charge on any atom is -0.497 e. The number of rotatable bonds is 6. The highest BCUT2D eigenvalue weighted by Crippen LogP contribution is 2.31. The minimum absolute atomic E-state index is 0.0215. The fourth-order valence-corrected chi connectivity index (χ4v) is 4.94. The van der Waals surface area contributed by atoms with Crippen molar-refractivity contribution in [3.05, 3.63) is 93.5 Å². The first-order valence-electron chi connectivity index (χ1n) is 10.2. The summed E-state index contributed by atoms with van der Waals surface area (Å²) in [5, 5.41) is 3.55. The molecule has 3 heterocycles. The highest BCUT2D eigenvalue weighted by molar-refractivity contribution is 7.25. The van der Waals surface area contributed by atoms with Gasteiger partial charge in [-0.15, -0.1) is 11.3 Å². The number of carbonyl (C=O) groups is 1. The molecule has 0 fully saturated rings. The van der Waals surface area contributed by atoms with Crippen LogP contribution in [0.25, 0.3) is 20.3 Å². The van der Waals surface area contributed by atoms with Gasteiger partial charge in [0.2, 0.25) is 5.91 Å². The van der Waals surface area contributed by atoms with E-state index in [2.05, 4.69) is 5.32 Å². The fourth-order valence-electron chi connectivity index (χ4n) is 3.79. The Hall–Kier alpha value is -4.11. The number of nitrogens with one attached hydrogen (secondary N) is 1. The van der Waals surface area contributed by atoms with Gasteiger partial charge < -0.3 is 14.5 Å². The van der Waals surface area contributed by atoms with Gasteiger partial charge in [-0.2, -0.15) is 0 Å². The van der Waals surface area contributed by atoms with Gasteiger partial charge in [0.1, 0.15) is 22.8 Å². The summed E-state index contributed by atoms with van der Waals surface area (Å²) in [6, 6.07) is 17.8. The molecular weight excluding hydrogens is 442 g/mol. The molecule has 33 heavy (non-hydrogen) atoms. The maximum absolute atomic E-state index is 13.4. The molecule has 0 radical (unpaired) electrons. The average Bonchev–Trinajstić information content (AvgIpc) is 3.47. The molecule has 1 amide bonds. The number of nitrogens with zero attached hydrogens (tertiary/aromatic N) is 2. The first-order valence-corrected chi connectivity index (χ1v) is 11.0. The molecule has 0 spiro atoms. The zero-order valence-corrected chi connectivity index (χ0v) is 18.4. The Morgan fingerprint density at radius 1 is 1.06 bits per heavy atom. The molecule has 0 aliphatic heterocycles. The summed E-state index contributed by atoms with van der Waals surface area (Å²) in [4.78, 5) is 39.6. The highest BCUT2D eigenvalue weighted by atomic mass is 32.1. The van der Waals surface area contributed by atoms with E-state index in [1.54, 1.807) is 43.5 Å². The number of hydrogen-bond acceptors (Lipinski definition) is 6. The minimum atomic E-state index is -0.576. The molecule has 0 aliphatic rings. The Labute approximate surface area is 191 Å². The van der Waals surface area contributed by atoms with Gasteiger partial charge in [-0.3, -0.25) is 18.7 Å². The maximum Gasteiger partial charge on any atom is 0.332 e. The Kier molecular flexibility index (Phi) is 5.31. The van der Waals surface area contributed by atoms with Crippen molar-refractivity contribution >= 4 is 43.2 Å². The van der Waals surface area contributed by atoms with E-state index >= 15 is 0 Å². The first-order chi connectivity index (χ1) is 16.0. The monoisotopic (exact) mass is 461 g/mol. The van der Waals surface area contributed by atoms with E-state index in [1.165, 1.54) is 22.2 Å². The summed E-state index contributed by atoms with van der Waals surface area (Å²) < 4.78 is 14.3. The Morgan fingerprint density at radius 2 is 1.91 bits per heavy atom. The smallest absolute Gasteiger partial charge is 0.332 e. The van der Waals surface area contributed by atoms with Crippen molar-refractivity contribution in [2.45, 2.75) is 13.1 Å². The topological polar surface area (TPSA) is 95.5 Å². The van der Waals surface area contributed by atoms with Crippen LogP contribution in [0.15, 0.2) is 80.9 Å². The van der Waals surface area contributed by atoms with Gasteiger partial charge in [-0.25, -0.2) is 4.79 Å². The molecular formula is C24H19N3O5S. The lowest BCUT2D eigenvalue weighted by Gasteiger charge is -2.13. The van der Waals surface area contributed by atoms with E-state index in [0.29, 0.717) is 27.4 Å². The summed E-state index contributed by atoms with van der Waals surface area (Å²) in [7, 11) is 1.54. The molecule has 2 aromatic carbocycles. The zero-order chi connectivity index (χ0) is 22.9. The van der Waals surface area contributed by atoms with Crippen molar-refractivity contribution in [3.8, 4) is 5.75 Å². The number of aromatic nitrogens is 2. The van der Waals surface area contributed by atoms with E-state index in [9.17, 15) is 14.4 Å². The van der Waals surface area contributed by atoms with Crippen molar-refractivity contribution in [3.63, 3.8) is 0 Å². The molecule has 9 heteroatoms. The fraction of sp³-hybridized carbons (Fsp3) is 0.125. The second-order valence-corrected chi connectivity index (χ2v) is 8.45. The second kappa shape index (κ2) is 8.44. The van der Waals surface area contributed by atoms with Crippen LogP contribution in [0, 0.1) is 0 Å². The molecule has 166 valence electrons. The third-order valence-corrected chi connectivity index (χ3v) is 6.44. The SMILES string of the molecule is COc1cccc(NC(=O)Cn2c(=O)n(Cc3ccco3)c(=O)c3sc4ccccc4c32)c1. The number of hydrogen-bond donors (Lipinski definition) is 1. The highest BCUT2D eigenvalue weighted by Gasteiger charge is 2.20. The van der Waals surface area contributed by atoms with Gasteiger partial charge in [0.15, 0.2) is 0 Å². The molecule has 0 saturated heterocycles. The predicted octanol–water partition coefficient (Wildman–Crippen LogP) is 3.67. The normalized spacial score (nSPS) is 11.2. The van der Waals surface area contributed by atoms with Gasteiger partial charge in [0, 0.05) is 21.8 Å². The number of furan rings is 1. The van der Waals surface area contributed by atoms with Crippen molar-refractivity contribution in [1.82, 2.24) is 9.13 Å². The number of methoxy groups -OCH3 is 1. The predicted molar refractivity (Wildman–Crippen MR) is 127 cm³/mol. The van der Waals surface area contributed by atoms with Crippen molar-refractivity contribution in [1.29, 1.82) is 0 Å². The lowest BCUT2D eigenvalue weighted by molar-refractivity contribution is -0.116. The van der Waals surface area contributed by atoms with Gasteiger partial charge in [0.05, 0.1) is 25.4 Å². The molecule has 0 atom stereocenters. The average molecular weight is 461 g/mol. The van der Waals surface area contributed by atoms with Crippen molar-refractivity contribution in [2.24, 2.45) is 0 Å². The lowest BCUT2D eigenvalue weighted by Crippen LogP contribution is -2.41. The molecule has 5 aromatic rings. The molecule has 1 N–H and O–H groups in total. The van der Waals surface area contributed by atoms with Crippen LogP contribution in [0.2, 0.25) is 0 Å². The van der Waals surface area contributed by atoms with Crippen LogP contribution in [0.1, 0.15) is 5.76 Å².